The number of hydrogen-bond donors (Lipinski definition) is 1. The van der Waals surface area contributed by atoms with Crippen LogP contribution in [-0.2, 0) is 11.3 Å². The first-order valence-electron chi connectivity index (χ1n) is 8.65. The first kappa shape index (κ1) is 18.7. The van der Waals surface area contributed by atoms with Crippen LogP contribution >= 0.6 is 0 Å². The molecule has 1 aliphatic heterocycles. The Morgan fingerprint density at radius 2 is 2.04 bits per heavy atom. The Morgan fingerprint density at radius 3 is 2.73 bits per heavy atom. The molecule has 1 aliphatic rings. The Labute approximate surface area is 151 Å². The molecule has 1 aromatic carbocycles. The molecule has 1 fully saturated rings. The highest BCUT2D eigenvalue weighted by molar-refractivity contribution is 5.32. The van der Waals surface area contributed by atoms with Gasteiger partial charge in [0.25, 0.3) is 0 Å². The quantitative estimate of drug-likeness (QED) is 0.819. The van der Waals surface area contributed by atoms with E-state index >= 15 is 0 Å². The summed E-state index contributed by atoms with van der Waals surface area (Å²) in [5.41, 5.74) is 1.32. The number of methoxy groups -OCH3 is 1. The van der Waals surface area contributed by atoms with Crippen molar-refractivity contribution in [1.29, 1.82) is 0 Å². The van der Waals surface area contributed by atoms with Crippen molar-refractivity contribution in [2.45, 2.75) is 12.6 Å². The first-order valence-corrected chi connectivity index (χ1v) is 8.65. The van der Waals surface area contributed by atoms with Gasteiger partial charge in [0.05, 0.1) is 32.1 Å². The van der Waals surface area contributed by atoms with Crippen LogP contribution in [0, 0.1) is 11.6 Å². The highest BCUT2D eigenvalue weighted by atomic mass is 19.1. The number of hydrogen-bond acceptors (Lipinski definition) is 5. The van der Waals surface area contributed by atoms with Gasteiger partial charge in [0.15, 0.2) is 17.4 Å². The maximum absolute atomic E-state index is 14.3. The van der Waals surface area contributed by atoms with Crippen LogP contribution in [0.25, 0.3) is 0 Å². The van der Waals surface area contributed by atoms with Gasteiger partial charge in [-0.15, -0.1) is 0 Å². The molecule has 1 saturated heterocycles. The molecule has 0 bridgehead atoms. The van der Waals surface area contributed by atoms with Crippen LogP contribution in [-0.4, -0.2) is 49.8 Å². The standard InChI is InChI=1S/C19H23F2N3O2/c1-25-19-15(20)6-5-14(18(19)21)12-22-13-17(16-4-2-3-7-23-16)24-8-10-26-11-9-24/h2-7,17,22H,8-13H2,1H3. The van der Waals surface area contributed by atoms with Crippen molar-refractivity contribution in [3.8, 4) is 5.75 Å². The second-order valence-corrected chi connectivity index (χ2v) is 6.10. The number of nitrogens with one attached hydrogen (secondary N) is 1. The van der Waals surface area contributed by atoms with Gasteiger partial charge >= 0.3 is 0 Å². The molecule has 0 spiro atoms. The Balaban J connectivity index is 1.68. The van der Waals surface area contributed by atoms with Crippen LogP contribution in [0.5, 0.6) is 5.75 Å². The van der Waals surface area contributed by atoms with Crippen LogP contribution in [0.4, 0.5) is 8.78 Å². The summed E-state index contributed by atoms with van der Waals surface area (Å²) in [6, 6.07) is 8.55. The van der Waals surface area contributed by atoms with Gasteiger partial charge in [-0.1, -0.05) is 12.1 Å². The monoisotopic (exact) mass is 363 g/mol. The minimum Gasteiger partial charge on any atom is -0.491 e. The summed E-state index contributed by atoms with van der Waals surface area (Å²) < 4.78 is 38.1. The van der Waals surface area contributed by atoms with Crippen LogP contribution in [0.2, 0.25) is 0 Å². The molecule has 1 N–H and O–H groups in total. The van der Waals surface area contributed by atoms with Gasteiger partial charge in [-0.3, -0.25) is 9.88 Å². The third-order valence-electron chi connectivity index (χ3n) is 4.50. The molecule has 2 aromatic rings. The predicted octanol–water partition coefficient (Wildman–Crippen LogP) is 2.53. The number of morpholine rings is 1. The maximum atomic E-state index is 14.3. The van der Waals surface area contributed by atoms with Crippen molar-refractivity contribution in [3.05, 3.63) is 59.4 Å². The summed E-state index contributed by atoms with van der Waals surface area (Å²) in [6.07, 6.45) is 1.77. The summed E-state index contributed by atoms with van der Waals surface area (Å²) in [6.45, 7) is 3.88. The van der Waals surface area contributed by atoms with Crippen LogP contribution < -0.4 is 10.1 Å². The average Bonchev–Trinajstić information content (AvgIpc) is 2.68. The third-order valence-corrected chi connectivity index (χ3v) is 4.50. The SMILES string of the molecule is COc1c(F)ccc(CNCC(c2ccccn2)N2CCOCC2)c1F. The highest BCUT2D eigenvalue weighted by Gasteiger charge is 2.23. The van der Waals surface area contributed by atoms with Crippen molar-refractivity contribution in [3.63, 3.8) is 0 Å². The maximum Gasteiger partial charge on any atom is 0.190 e. The van der Waals surface area contributed by atoms with Crippen LogP contribution in [0.1, 0.15) is 17.3 Å². The van der Waals surface area contributed by atoms with E-state index in [1.54, 1.807) is 6.20 Å². The third kappa shape index (κ3) is 4.35. The Morgan fingerprint density at radius 1 is 1.23 bits per heavy atom. The van der Waals surface area contributed by atoms with Gasteiger partial charge in [-0.05, 0) is 18.2 Å². The molecule has 7 heteroatoms. The van der Waals surface area contributed by atoms with E-state index in [1.165, 1.54) is 19.2 Å². The van der Waals surface area contributed by atoms with Crippen molar-refractivity contribution >= 4 is 0 Å². The predicted molar refractivity (Wildman–Crippen MR) is 94.0 cm³/mol. The van der Waals surface area contributed by atoms with E-state index in [0.29, 0.717) is 25.3 Å². The van der Waals surface area contributed by atoms with Crippen molar-refractivity contribution in [1.82, 2.24) is 15.2 Å². The molecule has 2 heterocycles. The molecule has 1 aromatic heterocycles. The molecule has 3 rings (SSSR count). The normalized spacial score (nSPS) is 16.4. The van der Waals surface area contributed by atoms with Gasteiger partial charge in [0.1, 0.15) is 0 Å². The second kappa shape index (κ2) is 9.02. The van der Waals surface area contributed by atoms with E-state index in [0.717, 1.165) is 18.8 Å². The summed E-state index contributed by atoms with van der Waals surface area (Å²) in [5, 5.41) is 3.27. The van der Waals surface area contributed by atoms with E-state index in [9.17, 15) is 8.78 Å². The van der Waals surface area contributed by atoms with E-state index in [1.807, 2.05) is 18.2 Å². The molecule has 0 aliphatic carbocycles. The fraction of sp³-hybridized carbons (Fsp3) is 0.421. The van der Waals surface area contributed by atoms with Crippen molar-refractivity contribution in [2.75, 3.05) is 40.0 Å². The average molecular weight is 363 g/mol. The molecule has 0 saturated carbocycles. The number of aromatic nitrogens is 1. The smallest absolute Gasteiger partial charge is 0.190 e. The molecule has 26 heavy (non-hydrogen) atoms. The zero-order valence-electron chi connectivity index (χ0n) is 14.8. The largest absolute Gasteiger partial charge is 0.491 e. The van der Waals surface area contributed by atoms with Crippen LogP contribution in [0.15, 0.2) is 36.5 Å². The molecule has 0 amide bonds. The minimum atomic E-state index is -0.701. The van der Waals surface area contributed by atoms with Gasteiger partial charge < -0.3 is 14.8 Å². The van der Waals surface area contributed by atoms with Crippen LogP contribution in [0.3, 0.4) is 0 Å². The lowest BCUT2D eigenvalue weighted by Crippen LogP contribution is -2.43. The van der Waals surface area contributed by atoms with Crippen molar-refractivity contribution in [2.24, 2.45) is 0 Å². The van der Waals surface area contributed by atoms with E-state index in [2.05, 4.69) is 15.2 Å². The molecule has 140 valence electrons. The molecule has 1 atom stereocenters. The van der Waals surface area contributed by atoms with Gasteiger partial charge in [0.2, 0.25) is 0 Å². The zero-order chi connectivity index (χ0) is 18.4. The number of pyridine rings is 1. The van der Waals surface area contributed by atoms with E-state index in [4.69, 9.17) is 9.47 Å². The van der Waals surface area contributed by atoms with E-state index < -0.39 is 11.6 Å². The first-order chi connectivity index (χ1) is 12.7. The van der Waals surface area contributed by atoms with Gasteiger partial charge in [-0.25, -0.2) is 8.78 Å². The number of nitrogens with zero attached hydrogens (tertiary/aromatic N) is 2. The summed E-state index contributed by atoms with van der Waals surface area (Å²) >= 11 is 0. The highest BCUT2D eigenvalue weighted by Crippen LogP contribution is 2.24. The summed E-state index contributed by atoms with van der Waals surface area (Å²) in [4.78, 5) is 6.78. The van der Waals surface area contributed by atoms with Crippen molar-refractivity contribution < 1.29 is 18.3 Å². The number of benzene rings is 1. The lowest BCUT2D eigenvalue weighted by molar-refractivity contribution is 0.0152. The number of halogens is 2. The molecular formula is C19H23F2N3O2. The number of ether oxygens (including phenoxy) is 2. The topological polar surface area (TPSA) is 46.6 Å². The molecule has 0 radical (unpaired) electrons. The fourth-order valence-corrected chi connectivity index (χ4v) is 3.12. The fourth-order valence-electron chi connectivity index (χ4n) is 3.12. The molecule has 5 nitrogen and oxygen atoms in total. The summed E-state index contributed by atoms with van der Waals surface area (Å²) in [5.74, 6) is -1.71. The van der Waals surface area contributed by atoms with Gasteiger partial charge in [-0.2, -0.15) is 0 Å². The zero-order valence-corrected chi connectivity index (χ0v) is 14.8. The lowest BCUT2D eigenvalue weighted by Gasteiger charge is -2.34. The molecular weight excluding hydrogens is 340 g/mol. The molecule has 1 unspecified atom stereocenters. The van der Waals surface area contributed by atoms with Gasteiger partial charge in [0, 0.05) is 37.9 Å². The lowest BCUT2D eigenvalue weighted by atomic mass is 10.1. The van der Waals surface area contributed by atoms with E-state index in [-0.39, 0.29) is 18.3 Å². The minimum absolute atomic E-state index is 0.0607. The Kier molecular flexibility index (Phi) is 6.49. The number of rotatable bonds is 7. The Hall–Kier alpha value is -2.09. The second-order valence-electron chi connectivity index (χ2n) is 6.10. The summed E-state index contributed by atoms with van der Waals surface area (Å²) in [7, 11) is 1.26. The Bertz CT molecular complexity index is 709.